The number of carbonyl (C=O) groups is 1. The van der Waals surface area contributed by atoms with Crippen LogP contribution in [0.15, 0.2) is 60.9 Å². The minimum atomic E-state index is -0.391. The SMILES string of the molecule is COc1ccc(-c2cc3nc([C@H](C)NC(=O)CCc4ccccc4F)nn3cn2)cc1. The topological polar surface area (TPSA) is 81.4 Å². The molecule has 0 saturated heterocycles. The number of amides is 1. The molecule has 0 aliphatic heterocycles. The Balaban J connectivity index is 1.43. The maximum Gasteiger partial charge on any atom is 0.220 e. The molecule has 0 aliphatic carbocycles. The lowest BCUT2D eigenvalue weighted by molar-refractivity contribution is -0.121. The summed E-state index contributed by atoms with van der Waals surface area (Å²) in [6.07, 6.45) is 2.11. The number of aryl methyl sites for hydroxylation is 1. The molecule has 0 unspecified atom stereocenters. The van der Waals surface area contributed by atoms with E-state index < -0.39 is 6.04 Å². The summed E-state index contributed by atoms with van der Waals surface area (Å²) in [6.45, 7) is 1.81. The number of nitrogens with one attached hydrogen (secondary N) is 1. The van der Waals surface area contributed by atoms with Crippen LogP contribution in [0.2, 0.25) is 0 Å². The number of rotatable bonds is 7. The van der Waals surface area contributed by atoms with Gasteiger partial charge < -0.3 is 10.1 Å². The van der Waals surface area contributed by atoms with E-state index in [2.05, 4.69) is 20.4 Å². The summed E-state index contributed by atoms with van der Waals surface area (Å²) < 4.78 is 20.5. The number of halogens is 1. The first-order valence-corrected chi connectivity index (χ1v) is 9.93. The molecule has 0 bridgehead atoms. The summed E-state index contributed by atoms with van der Waals surface area (Å²) in [4.78, 5) is 21.3. The van der Waals surface area contributed by atoms with Crippen LogP contribution in [-0.4, -0.2) is 32.6 Å². The number of benzene rings is 2. The van der Waals surface area contributed by atoms with E-state index in [1.165, 1.54) is 6.07 Å². The minimum absolute atomic E-state index is 0.182. The van der Waals surface area contributed by atoms with Gasteiger partial charge in [0.2, 0.25) is 5.91 Å². The van der Waals surface area contributed by atoms with Gasteiger partial charge >= 0.3 is 0 Å². The third-order valence-corrected chi connectivity index (χ3v) is 4.98. The number of fused-ring (bicyclic) bond motifs is 1. The van der Waals surface area contributed by atoms with E-state index in [-0.39, 0.29) is 18.1 Å². The van der Waals surface area contributed by atoms with Crippen molar-refractivity contribution in [2.75, 3.05) is 7.11 Å². The van der Waals surface area contributed by atoms with Crippen LogP contribution in [0, 0.1) is 5.82 Å². The number of ether oxygens (including phenoxy) is 1. The molecule has 0 spiro atoms. The Bertz CT molecular complexity index is 1210. The van der Waals surface area contributed by atoms with Crippen LogP contribution < -0.4 is 10.1 Å². The summed E-state index contributed by atoms with van der Waals surface area (Å²) in [6, 6.07) is 15.5. The summed E-state index contributed by atoms with van der Waals surface area (Å²) in [5.41, 5.74) is 2.84. The lowest BCUT2D eigenvalue weighted by atomic mass is 10.1. The molecule has 31 heavy (non-hydrogen) atoms. The molecule has 0 fully saturated rings. The molecular formula is C23H22FN5O2. The average molecular weight is 419 g/mol. The number of hydrogen-bond acceptors (Lipinski definition) is 5. The van der Waals surface area contributed by atoms with Gasteiger partial charge in [0.05, 0.1) is 18.8 Å². The van der Waals surface area contributed by atoms with Crippen molar-refractivity contribution >= 4 is 11.6 Å². The lowest BCUT2D eigenvalue weighted by Crippen LogP contribution is -2.27. The van der Waals surface area contributed by atoms with Crippen LogP contribution in [0.3, 0.4) is 0 Å². The highest BCUT2D eigenvalue weighted by atomic mass is 19.1. The lowest BCUT2D eigenvalue weighted by Gasteiger charge is -2.10. The summed E-state index contributed by atoms with van der Waals surface area (Å²) in [5, 5.41) is 7.28. The van der Waals surface area contributed by atoms with Gasteiger partial charge in [0, 0.05) is 18.1 Å². The number of nitrogens with zero attached hydrogens (tertiary/aromatic N) is 4. The highest BCUT2D eigenvalue weighted by Crippen LogP contribution is 2.21. The van der Waals surface area contributed by atoms with E-state index in [1.807, 2.05) is 37.3 Å². The Morgan fingerprint density at radius 1 is 1.19 bits per heavy atom. The highest BCUT2D eigenvalue weighted by molar-refractivity contribution is 5.76. The van der Waals surface area contributed by atoms with Crippen molar-refractivity contribution in [2.24, 2.45) is 0 Å². The zero-order chi connectivity index (χ0) is 21.8. The molecule has 2 aromatic heterocycles. The average Bonchev–Trinajstić information content (AvgIpc) is 3.22. The fourth-order valence-electron chi connectivity index (χ4n) is 3.24. The Morgan fingerprint density at radius 2 is 1.97 bits per heavy atom. The summed E-state index contributed by atoms with van der Waals surface area (Å²) in [7, 11) is 1.62. The molecule has 0 aliphatic rings. The molecule has 0 radical (unpaired) electrons. The van der Waals surface area contributed by atoms with Crippen molar-refractivity contribution < 1.29 is 13.9 Å². The standard InChI is InChI=1S/C23H22FN5O2/c1-15(26-22(30)12-9-16-5-3-4-6-19(16)24)23-27-21-13-20(25-14-29(21)28-23)17-7-10-18(31-2)11-8-17/h3-8,10-11,13-15H,9,12H2,1-2H3,(H,26,30)/t15-/m0/s1. The third kappa shape index (κ3) is 4.69. The Hall–Kier alpha value is -3.81. The molecule has 0 saturated carbocycles. The molecule has 1 amide bonds. The van der Waals surface area contributed by atoms with Gasteiger partial charge in [-0.15, -0.1) is 5.10 Å². The molecular weight excluding hydrogens is 397 g/mol. The Morgan fingerprint density at radius 3 is 2.71 bits per heavy atom. The van der Waals surface area contributed by atoms with Crippen molar-refractivity contribution in [3.05, 3.63) is 78.1 Å². The zero-order valence-electron chi connectivity index (χ0n) is 17.2. The Labute approximate surface area is 178 Å². The van der Waals surface area contributed by atoms with Gasteiger partial charge in [0.1, 0.15) is 17.9 Å². The predicted molar refractivity (Wildman–Crippen MR) is 114 cm³/mol. The van der Waals surface area contributed by atoms with E-state index in [4.69, 9.17) is 4.74 Å². The predicted octanol–water partition coefficient (Wildman–Crippen LogP) is 3.75. The van der Waals surface area contributed by atoms with Gasteiger partial charge in [-0.3, -0.25) is 4.79 Å². The second-order valence-corrected chi connectivity index (χ2v) is 7.16. The van der Waals surface area contributed by atoms with Crippen molar-refractivity contribution in [1.29, 1.82) is 0 Å². The second-order valence-electron chi connectivity index (χ2n) is 7.16. The zero-order valence-corrected chi connectivity index (χ0v) is 17.2. The van der Waals surface area contributed by atoms with Crippen molar-refractivity contribution in [1.82, 2.24) is 24.9 Å². The first-order valence-electron chi connectivity index (χ1n) is 9.93. The number of methoxy groups -OCH3 is 1. The second kappa shape index (κ2) is 8.91. The van der Waals surface area contributed by atoms with E-state index in [0.29, 0.717) is 23.5 Å². The van der Waals surface area contributed by atoms with E-state index in [0.717, 1.165) is 17.0 Å². The molecule has 2 aromatic carbocycles. The maximum absolute atomic E-state index is 13.7. The van der Waals surface area contributed by atoms with Crippen LogP contribution in [0.25, 0.3) is 16.9 Å². The molecule has 1 atom stereocenters. The van der Waals surface area contributed by atoms with Crippen LogP contribution in [0.5, 0.6) is 5.75 Å². The van der Waals surface area contributed by atoms with Gasteiger partial charge in [-0.05, 0) is 49.2 Å². The quantitative estimate of drug-likeness (QED) is 0.493. The largest absolute Gasteiger partial charge is 0.497 e. The van der Waals surface area contributed by atoms with E-state index in [9.17, 15) is 9.18 Å². The Kier molecular flexibility index (Phi) is 5.88. The van der Waals surface area contributed by atoms with Crippen LogP contribution in [0.4, 0.5) is 4.39 Å². The first-order chi connectivity index (χ1) is 15.0. The summed E-state index contributed by atoms with van der Waals surface area (Å²) >= 11 is 0. The number of carbonyl (C=O) groups excluding carboxylic acids is 1. The van der Waals surface area contributed by atoms with Gasteiger partial charge in [-0.2, -0.15) is 0 Å². The molecule has 4 rings (SSSR count). The number of aromatic nitrogens is 4. The van der Waals surface area contributed by atoms with Gasteiger partial charge in [0.15, 0.2) is 11.5 Å². The minimum Gasteiger partial charge on any atom is -0.497 e. The van der Waals surface area contributed by atoms with Crippen molar-refractivity contribution in [3.63, 3.8) is 0 Å². The van der Waals surface area contributed by atoms with E-state index in [1.54, 1.807) is 36.2 Å². The molecule has 4 aromatic rings. The van der Waals surface area contributed by atoms with Crippen LogP contribution in [-0.2, 0) is 11.2 Å². The van der Waals surface area contributed by atoms with Crippen LogP contribution >= 0.6 is 0 Å². The first kappa shape index (κ1) is 20.5. The molecule has 2 heterocycles. The smallest absolute Gasteiger partial charge is 0.220 e. The van der Waals surface area contributed by atoms with Gasteiger partial charge in [-0.25, -0.2) is 18.9 Å². The highest BCUT2D eigenvalue weighted by Gasteiger charge is 2.16. The molecule has 8 heteroatoms. The fraction of sp³-hybridized carbons (Fsp3) is 0.217. The molecule has 1 N–H and O–H groups in total. The third-order valence-electron chi connectivity index (χ3n) is 4.98. The van der Waals surface area contributed by atoms with Crippen molar-refractivity contribution in [2.45, 2.75) is 25.8 Å². The van der Waals surface area contributed by atoms with Crippen LogP contribution in [0.1, 0.15) is 30.8 Å². The number of hydrogen-bond donors (Lipinski definition) is 1. The molecule has 7 nitrogen and oxygen atoms in total. The normalized spacial score (nSPS) is 12.0. The molecule has 158 valence electrons. The van der Waals surface area contributed by atoms with Crippen molar-refractivity contribution in [3.8, 4) is 17.0 Å². The summed E-state index contributed by atoms with van der Waals surface area (Å²) in [5.74, 6) is 0.763. The van der Waals surface area contributed by atoms with Gasteiger partial charge in [0.25, 0.3) is 0 Å². The van der Waals surface area contributed by atoms with E-state index >= 15 is 0 Å². The fourth-order valence-corrected chi connectivity index (χ4v) is 3.24. The van der Waals surface area contributed by atoms with Gasteiger partial charge in [-0.1, -0.05) is 18.2 Å². The maximum atomic E-state index is 13.7. The monoisotopic (exact) mass is 419 g/mol.